The first-order chi connectivity index (χ1) is 7.49. The van der Waals surface area contributed by atoms with Crippen LogP contribution in [0.5, 0.6) is 0 Å². The van der Waals surface area contributed by atoms with Crippen molar-refractivity contribution in [2.24, 2.45) is 0 Å². The Kier molecular flexibility index (Phi) is 4.96. The topological polar surface area (TPSA) is 12.0 Å². The van der Waals surface area contributed by atoms with Crippen molar-refractivity contribution in [3.63, 3.8) is 0 Å². The van der Waals surface area contributed by atoms with Gasteiger partial charge in [-0.25, -0.2) is 8.78 Å². The summed E-state index contributed by atoms with van der Waals surface area (Å²) in [4.78, 5) is 0. The molecule has 0 spiro atoms. The predicted octanol–water partition coefficient (Wildman–Crippen LogP) is 3.29. The van der Waals surface area contributed by atoms with Crippen LogP contribution in [0.25, 0.3) is 0 Å². The maximum atomic E-state index is 12.9. The number of hydrogen-bond acceptors (Lipinski definition) is 1. The van der Waals surface area contributed by atoms with Crippen molar-refractivity contribution >= 4 is 23.2 Å². The zero-order chi connectivity index (χ0) is 12.2. The van der Waals surface area contributed by atoms with Crippen LogP contribution in [0.2, 0.25) is 0 Å². The van der Waals surface area contributed by atoms with Gasteiger partial charge in [0.25, 0.3) is 0 Å². The Hall–Kier alpha value is -0.380. The number of halogens is 4. The molecule has 1 N–H and O–H groups in total. The van der Waals surface area contributed by atoms with Gasteiger partial charge in [0.1, 0.15) is 11.6 Å². The van der Waals surface area contributed by atoms with Crippen molar-refractivity contribution < 1.29 is 8.78 Å². The molecule has 0 aliphatic carbocycles. The Morgan fingerprint density at radius 1 is 1.12 bits per heavy atom. The van der Waals surface area contributed by atoms with E-state index in [2.05, 4.69) is 5.32 Å². The molecule has 0 atom stereocenters. The predicted molar refractivity (Wildman–Crippen MR) is 63.0 cm³/mol. The van der Waals surface area contributed by atoms with E-state index >= 15 is 0 Å². The van der Waals surface area contributed by atoms with Crippen LogP contribution in [-0.2, 0) is 6.54 Å². The summed E-state index contributed by atoms with van der Waals surface area (Å²) in [6.07, 6.45) is 0. The molecule has 0 amide bonds. The highest BCUT2D eigenvalue weighted by Crippen LogP contribution is 2.12. The van der Waals surface area contributed by atoms with Crippen molar-refractivity contribution in [3.8, 4) is 0 Å². The van der Waals surface area contributed by atoms with Crippen molar-refractivity contribution in [2.45, 2.75) is 19.0 Å². The molecular formula is C11H13Cl2F2N. The molecule has 0 aliphatic rings. The molecule has 0 bridgehead atoms. The minimum atomic E-state index is -0.588. The van der Waals surface area contributed by atoms with E-state index in [-0.39, 0.29) is 0 Å². The standard InChI is InChI=1S/C11H13Cl2F2N/c1-11(6-12,7-13)16-5-8-2-9(14)4-10(15)3-8/h2-4,16H,5-7H2,1H3. The first kappa shape index (κ1) is 13.7. The molecule has 0 radical (unpaired) electrons. The van der Waals surface area contributed by atoms with E-state index in [1.54, 1.807) is 0 Å². The normalized spacial score (nSPS) is 11.8. The first-order valence-electron chi connectivity index (χ1n) is 4.81. The van der Waals surface area contributed by atoms with Gasteiger partial charge < -0.3 is 5.32 Å². The summed E-state index contributed by atoms with van der Waals surface area (Å²) < 4.78 is 25.8. The molecule has 0 aliphatic heterocycles. The minimum absolute atomic E-state index is 0.324. The van der Waals surface area contributed by atoms with Crippen LogP contribution in [0.3, 0.4) is 0 Å². The summed E-state index contributed by atoms with van der Waals surface area (Å²) in [7, 11) is 0. The molecule has 1 nitrogen and oxygen atoms in total. The smallest absolute Gasteiger partial charge is 0.126 e. The quantitative estimate of drug-likeness (QED) is 0.808. The monoisotopic (exact) mass is 267 g/mol. The molecule has 0 saturated carbocycles. The molecule has 16 heavy (non-hydrogen) atoms. The largest absolute Gasteiger partial charge is 0.305 e. The van der Waals surface area contributed by atoms with E-state index in [4.69, 9.17) is 23.2 Å². The molecule has 90 valence electrons. The number of hydrogen-bond donors (Lipinski definition) is 1. The van der Waals surface area contributed by atoms with Crippen LogP contribution < -0.4 is 5.32 Å². The third-order valence-electron chi connectivity index (χ3n) is 2.23. The molecule has 1 rings (SSSR count). The van der Waals surface area contributed by atoms with Gasteiger partial charge in [-0.05, 0) is 24.6 Å². The fraction of sp³-hybridized carbons (Fsp3) is 0.455. The number of benzene rings is 1. The summed E-state index contributed by atoms with van der Waals surface area (Å²) in [5, 5.41) is 3.07. The Balaban J connectivity index is 2.67. The second kappa shape index (κ2) is 5.80. The molecule has 0 heterocycles. The van der Waals surface area contributed by atoms with Crippen molar-refractivity contribution in [2.75, 3.05) is 11.8 Å². The van der Waals surface area contributed by atoms with Gasteiger partial charge in [-0.3, -0.25) is 0 Å². The first-order valence-corrected chi connectivity index (χ1v) is 5.88. The molecule has 1 aromatic carbocycles. The van der Waals surface area contributed by atoms with E-state index < -0.39 is 17.2 Å². The molecular weight excluding hydrogens is 255 g/mol. The zero-order valence-corrected chi connectivity index (χ0v) is 10.4. The fourth-order valence-electron chi connectivity index (χ4n) is 1.16. The number of alkyl halides is 2. The lowest BCUT2D eigenvalue weighted by molar-refractivity contribution is 0.433. The Labute approximate surface area is 104 Å². The summed E-state index contributed by atoms with van der Waals surface area (Å²) in [6, 6.07) is 3.39. The minimum Gasteiger partial charge on any atom is -0.305 e. The van der Waals surface area contributed by atoms with Crippen LogP contribution in [0.4, 0.5) is 8.78 Å². The lowest BCUT2D eigenvalue weighted by Crippen LogP contribution is -2.45. The Morgan fingerprint density at radius 3 is 2.06 bits per heavy atom. The summed E-state index contributed by atoms with van der Waals surface area (Å²) in [6.45, 7) is 2.17. The second-order valence-corrected chi connectivity index (χ2v) is 4.49. The molecule has 5 heteroatoms. The lowest BCUT2D eigenvalue weighted by atomic mass is 10.1. The summed E-state index contributed by atoms with van der Waals surface area (Å²) >= 11 is 11.5. The highest BCUT2D eigenvalue weighted by Gasteiger charge is 2.20. The maximum absolute atomic E-state index is 12.9. The lowest BCUT2D eigenvalue weighted by Gasteiger charge is -2.26. The molecule has 1 aromatic rings. The van der Waals surface area contributed by atoms with Gasteiger partial charge in [-0.1, -0.05) is 0 Å². The number of nitrogens with one attached hydrogen (secondary N) is 1. The van der Waals surface area contributed by atoms with Crippen molar-refractivity contribution in [1.82, 2.24) is 5.32 Å². The van der Waals surface area contributed by atoms with E-state index in [1.165, 1.54) is 12.1 Å². The van der Waals surface area contributed by atoms with Crippen LogP contribution in [0.15, 0.2) is 18.2 Å². The average molecular weight is 268 g/mol. The summed E-state index contributed by atoms with van der Waals surface area (Å²) in [5.74, 6) is -0.520. The molecule has 0 unspecified atom stereocenters. The van der Waals surface area contributed by atoms with Crippen molar-refractivity contribution in [1.29, 1.82) is 0 Å². The van der Waals surface area contributed by atoms with E-state index in [1.807, 2.05) is 6.92 Å². The van der Waals surface area contributed by atoms with Gasteiger partial charge in [0, 0.05) is 29.9 Å². The Morgan fingerprint density at radius 2 is 1.62 bits per heavy atom. The van der Waals surface area contributed by atoms with Gasteiger partial charge in [0.15, 0.2) is 0 Å². The summed E-state index contributed by atoms with van der Waals surface area (Å²) in [5.41, 5.74) is 0.0882. The van der Waals surface area contributed by atoms with Gasteiger partial charge in [-0.2, -0.15) is 0 Å². The number of rotatable bonds is 5. The van der Waals surface area contributed by atoms with E-state index in [0.717, 1.165) is 6.07 Å². The molecule has 0 fully saturated rings. The zero-order valence-electron chi connectivity index (χ0n) is 8.87. The molecule has 0 aromatic heterocycles. The highest BCUT2D eigenvalue weighted by atomic mass is 35.5. The van der Waals surface area contributed by atoms with E-state index in [0.29, 0.717) is 23.9 Å². The van der Waals surface area contributed by atoms with Gasteiger partial charge in [0.05, 0.1) is 0 Å². The second-order valence-electron chi connectivity index (χ2n) is 3.96. The molecule has 0 saturated heterocycles. The third kappa shape index (κ3) is 3.89. The average Bonchev–Trinajstić information content (AvgIpc) is 2.25. The van der Waals surface area contributed by atoms with Gasteiger partial charge >= 0.3 is 0 Å². The maximum Gasteiger partial charge on any atom is 0.126 e. The van der Waals surface area contributed by atoms with Crippen molar-refractivity contribution in [3.05, 3.63) is 35.4 Å². The van der Waals surface area contributed by atoms with E-state index in [9.17, 15) is 8.78 Å². The van der Waals surface area contributed by atoms with Crippen LogP contribution >= 0.6 is 23.2 Å². The fourth-order valence-corrected chi connectivity index (χ4v) is 1.63. The van der Waals surface area contributed by atoms with Crippen LogP contribution in [-0.4, -0.2) is 17.3 Å². The SMILES string of the molecule is CC(CCl)(CCl)NCc1cc(F)cc(F)c1. The Bertz CT molecular complexity index is 334. The highest BCUT2D eigenvalue weighted by molar-refractivity contribution is 6.22. The van der Waals surface area contributed by atoms with Crippen LogP contribution in [0.1, 0.15) is 12.5 Å². The van der Waals surface area contributed by atoms with Crippen LogP contribution in [0, 0.1) is 11.6 Å². The van der Waals surface area contributed by atoms with Gasteiger partial charge in [-0.15, -0.1) is 23.2 Å². The van der Waals surface area contributed by atoms with Gasteiger partial charge in [0.2, 0.25) is 0 Å². The third-order valence-corrected chi connectivity index (χ3v) is 3.41.